The molecule has 4 heteroatoms. The summed E-state index contributed by atoms with van der Waals surface area (Å²) in [5.41, 5.74) is 2.21. The lowest BCUT2D eigenvalue weighted by molar-refractivity contribution is 0.573. The number of halogens is 1. The summed E-state index contributed by atoms with van der Waals surface area (Å²) in [5.74, 6) is 0. The molecule has 17 heavy (non-hydrogen) atoms. The molecule has 1 N–H and O–H groups in total. The van der Waals surface area contributed by atoms with Gasteiger partial charge in [-0.15, -0.1) is 11.3 Å². The first-order valence-electron chi connectivity index (χ1n) is 5.55. The van der Waals surface area contributed by atoms with Gasteiger partial charge in [-0.1, -0.05) is 29.8 Å². The standard InChI is InChI=1S/C13H15ClN2S/c1-9-8-17-13(16-9)7-15-10(2)11-5-3-4-6-12(11)14/h3-6,8,10,15H,7H2,1-2H3. The van der Waals surface area contributed by atoms with Crippen LogP contribution in [0, 0.1) is 6.92 Å². The highest BCUT2D eigenvalue weighted by Gasteiger charge is 2.09. The molecule has 0 radical (unpaired) electrons. The van der Waals surface area contributed by atoms with Crippen molar-refractivity contribution in [3.63, 3.8) is 0 Å². The van der Waals surface area contributed by atoms with E-state index in [1.54, 1.807) is 11.3 Å². The van der Waals surface area contributed by atoms with E-state index in [0.29, 0.717) is 0 Å². The van der Waals surface area contributed by atoms with E-state index in [0.717, 1.165) is 27.8 Å². The Labute approximate surface area is 111 Å². The van der Waals surface area contributed by atoms with Crippen molar-refractivity contribution in [2.24, 2.45) is 0 Å². The summed E-state index contributed by atoms with van der Waals surface area (Å²) in [6, 6.07) is 8.15. The number of aromatic nitrogens is 1. The highest BCUT2D eigenvalue weighted by Crippen LogP contribution is 2.22. The van der Waals surface area contributed by atoms with Crippen LogP contribution >= 0.6 is 22.9 Å². The molecule has 2 rings (SSSR count). The number of rotatable bonds is 4. The lowest BCUT2D eigenvalue weighted by atomic mass is 10.1. The summed E-state index contributed by atoms with van der Waals surface area (Å²) < 4.78 is 0. The molecule has 2 aromatic rings. The predicted octanol–water partition coefficient (Wildman–Crippen LogP) is 3.96. The quantitative estimate of drug-likeness (QED) is 0.906. The number of benzene rings is 1. The van der Waals surface area contributed by atoms with E-state index >= 15 is 0 Å². The van der Waals surface area contributed by atoms with E-state index in [1.165, 1.54) is 0 Å². The molecule has 0 bridgehead atoms. The summed E-state index contributed by atoms with van der Waals surface area (Å²) in [7, 11) is 0. The van der Waals surface area contributed by atoms with E-state index in [9.17, 15) is 0 Å². The summed E-state index contributed by atoms with van der Waals surface area (Å²) in [6.45, 7) is 4.91. The van der Waals surface area contributed by atoms with Gasteiger partial charge >= 0.3 is 0 Å². The van der Waals surface area contributed by atoms with E-state index in [2.05, 4.69) is 22.6 Å². The first-order chi connectivity index (χ1) is 8.16. The zero-order valence-electron chi connectivity index (χ0n) is 9.90. The van der Waals surface area contributed by atoms with Crippen molar-refractivity contribution < 1.29 is 0 Å². The van der Waals surface area contributed by atoms with Crippen LogP contribution in [0.15, 0.2) is 29.6 Å². The summed E-state index contributed by atoms with van der Waals surface area (Å²) >= 11 is 7.84. The van der Waals surface area contributed by atoms with E-state index in [1.807, 2.05) is 31.2 Å². The minimum atomic E-state index is 0.230. The molecule has 1 aromatic heterocycles. The Morgan fingerprint density at radius 2 is 2.18 bits per heavy atom. The molecular weight excluding hydrogens is 252 g/mol. The molecule has 2 nitrogen and oxygen atoms in total. The Kier molecular flexibility index (Phi) is 4.15. The van der Waals surface area contributed by atoms with Crippen molar-refractivity contribution in [2.45, 2.75) is 26.4 Å². The molecule has 0 aliphatic carbocycles. The number of thiazole rings is 1. The maximum atomic E-state index is 6.15. The lowest BCUT2D eigenvalue weighted by Crippen LogP contribution is -2.18. The molecule has 0 aliphatic rings. The van der Waals surface area contributed by atoms with Crippen molar-refractivity contribution in [1.29, 1.82) is 0 Å². The fourth-order valence-corrected chi connectivity index (χ4v) is 2.68. The molecule has 0 aliphatic heterocycles. The van der Waals surface area contributed by atoms with E-state index in [4.69, 9.17) is 11.6 Å². The van der Waals surface area contributed by atoms with Crippen molar-refractivity contribution in [2.75, 3.05) is 0 Å². The van der Waals surface area contributed by atoms with Crippen LogP contribution in [0.4, 0.5) is 0 Å². The monoisotopic (exact) mass is 266 g/mol. The Morgan fingerprint density at radius 3 is 2.82 bits per heavy atom. The van der Waals surface area contributed by atoms with Gasteiger partial charge in [-0.25, -0.2) is 4.98 Å². The Hall–Kier alpha value is -0.900. The van der Waals surface area contributed by atoms with Crippen molar-refractivity contribution >= 4 is 22.9 Å². The molecule has 1 heterocycles. The van der Waals surface area contributed by atoms with Gasteiger partial charge in [0.15, 0.2) is 0 Å². The van der Waals surface area contributed by atoms with Crippen LogP contribution in [0.25, 0.3) is 0 Å². The zero-order valence-corrected chi connectivity index (χ0v) is 11.5. The van der Waals surface area contributed by atoms with Gasteiger partial charge in [0, 0.05) is 28.7 Å². The molecule has 1 atom stereocenters. The third-order valence-corrected chi connectivity index (χ3v) is 3.91. The fourth-order valence-electron chi connectivity index (χ4n) is 1.66. The van der Waals surface area contributed by atoms with Crippen LogP contribution in [0.5, 0.6) is 0 Å². The maximum Gasteiger partial charge on any atom is 0.107 e. The predicted molar refractivity (Wildman–Crippen MR) is 73.6 cm³/mol. The van der Waals surface area contributed by atoms with Gasteiger partial charge in [0.05, 0.1) is 0 Å². The highest BCUT2D eigenvalue weighted by molar-refractivity contribution is 7.09. The van der Waals surface area contributed by atoms with Gasteiger partial charge in [-0.2, -0.15) is 0 Å². The third-order valence-electron chi connectivity index (χ3n) is 2.60. The Morgan fingerprint density at radius 1 is 1.41 bits per heavy atom. The van der Waals surface area contributed by atoms with Gasteiger partial charge < -0.3 is 5.32 Å². The number of nitrogens with one attached hydrogen (secondary N) is 1. The number of hydrogen-bond acceptors (Lipinski definition) is 3. The van der Waals surface area contributed by atoms with Crippen LogP contribution in [0.1, 0.15) is 29.2 Å². The van der Waals surface area contributed by atoms with Crippen molar-refractivity contribution in [3.05, 3.63) is 50.9 Å². The zero-order chi connectivity index (χ0) is 12.3. The minimum absolute atomic E-state index is 0.230. The highest BCUT2D eigenvalue weighted by atomic mass is 35.5. The first-order valence-corrected chi connectivity index (χ1v) is 6.81. The SMILES string of the molecule is Cc1csc(CNC(C)c2ccccc2Cl)n1. The van der Waals surface area contributed by atoms with Crippen LogP contribution in [-0.2, 0) is 6.54 Å². The summed E-state index contributed by atoms with van der Waals surface area (Å²) in [6.07, 6.45) is 0. The number of hydrogen-bond donors (Lipinski definition) is 1. The maximum absolute atomic E-state index is 6.15. The molecule has 0 fully saturated rings. The molecule has 1 aromatic carbocycles. The summed E-state index contributed by atoms with van der Waals surface area (Å²) in [5, 5.41) is 7.42. The molecule has 0 saturated carbocycles. The third kappa shape index (κ3) is 3.28. The van der Waals surface area contributed by atoms with Crippen molar-refractivity contribution in [3.8, 4) is 0 Å². The van der Waals surface area contributed by atoms with E-state index < -0.39 is 0 Å². The van der Waals surface area contributed by atoms with Gasteiger partial charge in [-0.3, -0.25) is 0 Å². The molecule has 0 spiro atoms. The second-order valence-electron chi connectivity index (χ2n) is 4.01. The average molecular weight is 267 g/mol. The fraction of sp³-hybridized carbons (Fsp3) is 0.308. The Balaban J connectivity index is 1.98. The second-order valence-corrected chi connectivity index (χ2v) is 5.36. The normalized spacial score (nSPS) is 12.6. The van der Waals surface area contributed by atoms with Gasteiger partial charge in [0.1, 0.15) is 5.01 Å². The number of aryl methyl sites for hydroxylation is 1. The molecular formula is C13H15ClN2S. The molecule has 0 saturated heterocycles. The summed E-state index contributed by atoms with van der Waals surface area (Å²) in [4.78, 5) is 4.42. The van der Waals surface area contributed by atoms with Crippen LogP contribution in [-0.4, -0.2) is 4.98 Å². The lowest BCUT2D eigenvalue weighted by Gasteiger charge is -2.14. The van der Waals surface area contributed by atoms with E-state index in [-0.39, 0.29) is 6.04 Å². The van der Waals surface area contributed by atoms with Gasteiger partial charge in [-0.05, 0) is 25.5 Å². The van der Waals surface area contributed by atoms with Gasteiger partial charge in [0.2, 0.25) is 0 Å². The second kappa shape index (κ2) is 5.63. The average Bonchev–Trinajstić information content (AvgIpc) is 2.73. The smallest absolute Gasteiger partial charge is 0.107 e. The van der Waals surface area contributed by atoms with Crippen LogP contribution in [0.3, 0.4) is 0 Å². The van der Waals surface area contributed by atoms with Gasteiger partial charge in [0.25, 0.3) is 0 Å². The van der Waals surface area contributed by atoms with Crippen LogP contribution in [0.2, 0.25) is 5.02 Å². The minimum Gasteiger partial charge on any atom is -0.304 e. The first kappa shape index (κ1) is 12.6. The molecule has 0 amide bonds. The van der Waals surface area contributed by atoms with Crippen LogP contribution < -0.4 is 5.32 Å². The number of nitrogens with zero attached hydrogens (tertiary/aromatic N) is 1. The molecule has 90 valence electrons. The van der Waals surface area contributed by atoms with Crippen molar-refractivity contribution in [1.82, 2.24) is 10.3 Å². The topological polar surface area (TPSA) is 24.9 Å². The largest absolute Gasteiger partial charge is 0.304 e. The Bertz CT molecular complexity index is 496. The molecule has 1 unspecified atom stereocenters.